The molecule has 0 saturated carbocycles. The summed E-state index contributed by atoms with van der Waals surface area (Å²) in [5.41, 5.74) is 4.58. The van der Waals surface area contributed by atoms with E-state index in [4.69, 9.17) is 10.2 Å². The van der Waals surface area contributed by atoms with Gasteiger partial charge in [0.25, 0.3) is 5.79 Å². The molecule has 0 aromatic heterocycles. The standard InChI is InChI=1S/C5H8FNO4/c6-5(7,4(10)11)2-1-3(8)9/h1-2,7H2,(H,8,9)(H,10,11). The SMILES string of the molecule is NC(F)(CCC(=O)O)C(=O)O. The van der Waals surface area contributed by atoms with E-state index in [1.807, 2.05) is 0 Å². The molecule has 64 valence electrons. The summed E-state index contributed by atoms with van der Waals surface area (Å²) in [4.78, 5) is 19.8. The highest BCUT2D eigenvalue weighted by Crippen LogP contribution is 2.10. The number of hydrogen-bond acceptors (Lipinski definition) is 3. The molecule has 0 fully saturated rings. The van der Waals surface area contributed by atoms with Gasteiger partial charge in [-0.2, -0.15) is 0 Å². The van der Waals surface area contributed by atoms with E-state index >= 15 is 0 Å². The fourth-order valence-electron chi connectivity index (χ4n) is 0.396. The lowest BCUT2D eigenvalue weighted by Crippen LogP contribution is -2.43. The monoisotopic (exact) mass is 165 g/mol. The molecule has 6 heteroatoms. The maximum Gasteiger partial charge on any atom is 0.356 e. The van der Waals surface area contributed by atoms with Gasteiger partial charge in [-0.05, 0) is 0 Å². The zero-order chi connectivity index (χ0) is 9.07. The summed E-state index contributed by atoms with van der Waals surface area (Å²) < 4.78 is 12.5. The maximum atomic E-state index is 12.5. The summed E-state index contributed by atoms with van der Waals surface area (Å²) in [6.45, 7) is 0. The third-order valence-corrected chi connectivity index (χ3v) is 1.06. The molecular weight excluding hydrogens is 157 g/mol. The number of halogens is 1. The normalized spacial score (nSPS) is 15.5. The van der Waals surface area contributed by atoms with Crippen molar-refractivity contribution in [3.05, 3.63) is 0 Å². The molecule has 1 atom stereocenters. The first-order chi connectivity index (χ1) is 4.86. The van der Waals surface area contributed by atoms with Crippen LogP contribution in [0.25, 0.3) is 0 Å². The third kappa shape index (κ3) is 3.51. The summed E-state index contributed by atoms with van der Waals surface area (Å²) in [5.74, 6) is -6.06. The van der Waals surface area contributed by atoms with Crippen LogP contribution in [-0.2, 0) is 9.59 Å². The summed E-state index contributed by atoms with van der Waals surface area (Å²) in [7, 11) is 0. The first-order valence-corrected chi connectivity index (χ1v) is 2.79. The second kappa shape index (κ2) is 3.29. The Labute approximate surface area is 61.6 Å². The van der Waals surface area contributed by atoms with Crippen LogP contribution in [0, 0.1) is 0 Å². The molecule has 0 amide bonds. The van der Waals surface area contributed by atoms with Gasteiger partial charge in [0.05, 0.1) is 6.42 Å². The van der Waals surface area contributed by atoms with E-state index in [1.54, 1.807) is 0 Å². The number of aliphatic carboxylic acids is 2. The van der Waals surface area contributed by atoms with E-state index < -0.39 is 30.6 Å². The van der Waals surface area contributed by atoms with Crippen LogP contribution >= 0.6 is 0 Å². The molecule has 0 heterocycles. The maximum absolute atomic E-state index is 12.5. The van der Waals surface area contributed by atoms with E-state index in [0.29, 0.717) is 0 Å². The van der Waals surface area contributed by atoms with Crippen LogP contribution in [0.5, 0.6) is 0 Å². The fraction of sp³-hybridized carbons (Fsp3) is 0.600. The van der Waals surface area contributed by atoms with Gasteiger partial charge in [-0.1, -0.05) is 0 Å². The van der Waals surface area contributed by atoms with Gasteiger partial charge >= 0.3 is 11.9 Å². The summed E-state index contributed by atoms with van der Waals surface area (Å²) in [5, 5.41) is 16.1. The number of carboxylic acids is 2. The molecule has 11 heavy (non-hydrogen) atoms. The minimum absolute atomic E-state index is 0.598. The lowest BCUT2D eigenvalue weighted by atomic mass is 10.1. The molecule has 0 bridgehead atoms. The van der Waals surface area contributed by atoms with Gasteiger partial charge in [0, 0.05) is 6.42 Å². The molecule has 0 rings (SSSR count). The summed E-state index contributed by atoms with van der Waals surface area (Å²) in [6, 6.07) is 0. The number of alkyl halides is 1. The quantitative estimate of drug-likeness (QED) is 0.490. The molecule has 0 aliphatic carbocycles. The summed E-state index contributed by atoms with van der Waals surface area (Å²) >= 11 is 0. The Bertz CT molecular complexity index is 179. The predicted octanol–water partition coefficient (Wildman–Crippen LogP) is -0.440. The Kier molecular flexibility index (Phi) is 2.94. The predicted molar refractivity (Wildman–Crippen MR) is 32.5 cm³/mol. The highest BCUT2D eigenvalue weighted by atomic mass is 19.1. The van der Waals surface area contributed by atoms with Crippen LogP contribution in [0.2, 0.25) is 0 Å². The van der Waals surface area contributed by atoms with Crippen molar-refractivity contribution in [2.24, 2.45) is 5.73 Å². The lowest BCUT2D eigenvalue weighted by molar-refractivity contribution is -0.152. The number of carboxylic acid groups (broad SMARTS) is 2. The minimum Gasteiger partial charge on any atom is -0.481 e. The van der Waals surface area contributed by atoms with Gasteiger partial charge in [0.1, 0.15) is 0 Å². The topological polar surface area (TPSA) is 101 Å². The molecule has 1 unspecified atom stereocenters. The van der Waals surface area contributed by atoms with E-state index in [2.05, 4.69) is 5.73 Å². The van der Waals surface area contributed by atoms with Gasteiger partial charge in [-0.3, -0.25) is 10.5 Å². The summed E-state index contributed by atoms with van der Waals surface area (Å²) in [6.07, 6.45) is -1.32. The molecule has 0 aliphatic heterocycles. The highest BCUT2D eigenvalue weighted by molar-refractivity contribution is 5.77. The Balaban J connectivity index is 3.92. The first-order valence-electron chi connectivity index (χ1n) is 2.79. The Hall–Kier alpha value is -1.17. The van der Waals surface area contributed by atoms with Crippen molar-refractivity contribution in [3.8, 4) is 0 Å². The fourth-order valence-corrected chi connectivity index (χ4v) is 0.396. The number of rotatable bonds is 4. The smallest absolute Gasteiger partial charge is 0.356 e. The number of nitrogens with two attached hydrogens (primary N) is 1. The lowest BCUT2D eigenvalue weighted by Gasteiger charge is -2.12. The van der Waals surface area contributed by atoms with Crippen molar-refractivity contribution in [2.45, 2.75) is 18.6 Å². The minimum atomic E-state index is -2.93. The van der Waals surface area contributed by atoms with E-state index in [9.17, 15) is 14.0 Å². The second-order valence-electron chi connectivity index (χ2n) is 2.06. The van der Waals surface area contributed by atoms with Crippen LogP contribution in [0.4, 0.5) is 4.39 Å². The average Bonchev–Trinajstić information content (AvgIpc) is 1.84. The van der Waals surface area contributed by atoms with Gasteiger partial charge < -0.3 is 10.2 Å². The van der Waals surface area contributed by atoms with Gasteiger partial charge in [-0.15, -0.1) is 0 Å². The van der Waals surface area contributed by atoms with Gasteiger partial charge in [0.2, 0.25) is 0 Å². The van der Waals surface area contributed by atoms with Crippen molar-refractivity contribution in [1.82, 2.24) is 0 Å². The first kappa shape index (κ1) is 9.83. The highest BCUT2D eigenvalue weighted by Gasteiger charge is 2.33. The second-order valence-corrected chi connectivity index (χ2v) is 2.06. The van der Waals surface area contributed by atoms with Crippen molar-refractivity contribution in [2.75, 3.05) is 0 Å². The molecule has 0 aromatic rings. The van der Waals surface area contributed by atoms with Gasteiger partial charge in [0.15, 0.2) is 0 Å². The van der Waals surface area contributed by atoms with Crippen molar-refractivity contribution < 1.29 is 24.2 Å². The van der Waals surface area contributed by atoms with E-state index in [0.717, 1.165) is 0 Å². The van der Waals surface area contributed by atoms with Crippen LogP contribution in [-0.4, -0.2) is 27.9 Å². The third-order valence-electron chi connectivity index (χ3n) is 1.06. The van der Waals surface area contributed by atoms with Crippen LogP contribution in [0.1, 0.15) is 12.8 Å². The molecule has 5 nitrogen and oxygen atoms in total. The molecule has 0 spiro atoms. The number of carbonyl (C=O) groups is 2. The number of hydrogen-bond donors (Lipinski definition) is 3. The van der Waals surface area contributed by atoms with Crippen molar-refractivity contribution in [1.29, 1.82) is 0 Å². The Morgan fingerprint density at radius 3 is 2.18 bits per heavy atom. The molecule has 0 aromatic carbocycles. The molecular formula is C5H8FNO4. The Morgan fingerprint density at radius 1 is 1.45 bits per heavy atom. The van der Waals surface area contributed by atoms with Crippen LogP contribution in [0.15, 0.2) is 0 Å². The molecule has 0 aliphatic rings. The zero-order valence-electron chi connectivity index (χ0n) is 5.58. The largest absolute Gasteiger partial charge is 0.481 e. The molecule has 0 radical (unpaired) electrons. The Morgan fingerprint density at radius 2 is 1.91 bits per heavy atom. The van der Waals surface area contributed by atoms with Gasteiger partial charge in [-0.25, -0.2) is 9.18 Å². The zero-order valence-corrected chi connectivity index (χ0v) is 5.58. The van der Waals surface area contributed by atoms with Crippen LogP contribution < -0.4 is 5.73 Å². The van der Waals surface area contributed by atoms with E-state index in [1.165, 1.54) is 0 Å². The molecule has 0 saturated heterocycles. The van der Waals surface area contributed by atoms with Crippen molar-refractivity contribution in [3.63, 3.8) is 0 Å². The van der Waals surface area contributed by atoms with E-state index in [-0.39, 0.29) is 0 Å². The van der Waals surface area contributed by atoms with Crippen molar-refractivity contribution >= 4 is 11.9 Å². The average molecular weight is 165 g/mol. The molecule has 4 N–H and O–H groups in total. The van der Waals surface area contributed by atoms with Crippen LogP contribution in [0.3, 0.4) is 0 Å².